The van der Waals surface area contributed by atoms with Gasteiger partial charge in [0.15, 0.2) is 0 Å². The Kier molecular flexibility index (Phi) is 3.32. The van der Waals surface area contributed by atoms with Crippen LogP contribution in [0.2, 0.25) is 0 Å². The fourth-order valence-electron chi connectivity index (χ4n) is 3.69. The maximum Gasteiger partial charge on any atom is 0.314 e. The fraction of sp³-hybridized carbons (Fsp3) is 0.316. The van der Waals surface area contributed by atoms with Gasteiger partial charge in [0.1, 0.15) is 0 Å². The van der Waals surface area contributed by atoms with Crippen LogP contribution in [0.25, 0.3) is 0 Å². The standard InChI is InChI=1S/C19H20O2/c1-13-9-14(2)11-15(10-13)12-19(18(20)21)8-7-16-5-3-4-6-17(16)19/h3-6,9-11H,7-8,12H2,1-2H3,(H,20,21). The van der Waals surface area contributed by atoms with E-state index in [9.17, 15) is 9.90 Å². The van der Waals surface area contributed by atoms with Gasteiger partial charge in [-0.15, -0.1) is 0 Å². The van der Waals surface area contributed by atoms with Crippen LogP contribution in [0.15, 0.2) is 42.5 Å². The molecule has 0 aliphatic heterocycles. The van der Waals surface area contributed by atoms with Crippen LogP contribution in [0.4, 0.5) is 0 Å². The number of carboxylic acid groups (broad SMARTS) is 1. The zero-order valence-electron chi connectivity index (χ0n) is 12.5. The fourth-order valence-corrected chi connectivity index (χ4v) is 3.69. The van der Waals surface area contributed by atoms with E-state index in [0.29, 0.717) is 12.8 Å². The molecule has 0 aromatic heterocycles. The van der Waals surface area contributed by atoms with E-state index in [0.717, 1.165) is 17.5 Å². The van der Waals surface area contributed by atoms with E-state index >= 15 is 0 Å². The first-order valence-electron chi connectivity index (χ1n) is 7.40. The lowest BCUT2D eigenvalue weighted by molar-refractivity contribution is -0.143. The molecule has 0 radical (unpaired) electrons. The van der Waals surface area contributed by atoms with E-state index in [1.54, 1.807) is 0 Å². The first-order valence-corrected chi connectivity index (χ1v) is 7.40. The average Bonchev–Trinajstić information content (AvgIpc) is 2.78. The third-order valence-corrected chi connectivity index (χ3v) is 4.55. The van der Waals surface area contributed by atoms with Crippen molar-refractivity contribution in [1.29, 1.82) is 0 Å². The second kappa shape index (κ2) is 5.03. The topological polar surface area (TPSA) is 37.3 Å². The van der Waals surface area contributed by atoms with Gasteiger partial charge in [-0.25, -0.2) is 0 Å². The zero-order chi connectivity index (χ0) is 15.0. The van der Waals surface area contributed by atoms with E-state index in [1.165, 1.54) is 16.7 Å². The van der Waals surface area contributed by atoms with Gasteiger partial charge in [-0.05, 0) is 49.8 Å². The third-order valence-electron chi connectivity index (χ3n) is 4.55. The molecule has 1 atom stereocenters. The van der Waals surface area contributed by atoms with Gasteiger partial charge in [0.2, 0.25) is 0 Å². The van der Waals surface area contributed by atoms with Crippen molar-refractivity contribution in [1.82, 2.24) is 0 Å². The molecule has 0 saturated heterocycles. The van der Waals surface area contributed by atoms with E-state index in [2.05, 4.69) is 38.1 Å². The Hall–Kier alpha value is -2.09. The number of aryl methyl sites for hydroxylation is 3. The Bertz CT molecular complexity index is 682. The Morgan fingerprint density at radius 2 is 1.81 bits per heavy atom. The number of carbonyl (C=O) groups is 1. The Morgan fingerprint density at radius 1 is 1.14 bits per heavy atom. The number of aliphatic carboxylic acids is 1. The molecule has 21 heavy (non-hydrogen) atoms. The summed E-state index contributed by atoms with van der Waals surface area (Å²) >= 11 is 0. The normalized spacial score (nSPS) is 20.3. The van der Waals surface area contributed by atoms with Gasteiger partial charge < -0.3 is 5.11 Å². The molecule has 0 bridgehead atoms. The van der Waals surface area contributed by atoms with Crippen molar-refractivity contribution in [2.75, 3.05) is 0 Å². The Labute approximate surface area is 125 Å². The highest BCUT2D eigenvalue weighted by Crippen LogP contribution is 2.42. The first kappa shape index (κ1) is 13.9. The van der Waals surface area contributed by atoms with E-state index in [4.69, 9.17) is 0 Å². The van der Waals surface area contributed by atoms with Gasteiger partial charge in [-0.3, -0.25) is 4.79 Å². The van der Waals surface area contributed by atoms with E-state index in [-0.39, 0.29) is 0 Å². The maximum absolute atomic E-state index is 12.1. The number of hydrogen-bond donors (Lipinski definition) is 1. The second-order valence-corrected chi connectivity index (χ2v) is 6.22. The van der Waals surface area contributed by atoms with Crippen LogP contribution in [0.3, 0.4) is 0 Å². The van der Waals surface area contributed by atoms with E-state index < -0.39 is 11.4 Å². The van der Waals surface area contributed by atoms with Crippen LogP contribution < -0.4 is 0 Å². The van der Waals surface area contributed by atoms with Gasteiger partial charge in [0, 0.05) is 0 Å². The number of rotatable bonds is 3. The van der Waals surface area contributed by atoms with Crippen molar-refractivity contribution in [2.24, 2.45) is 0 Å². The molecule has 2 aromatic carbocycles. The second-order valence-electron chi connectivity index (χ2n) is 6.22. The van der Waals surface area contributed by atoms with Gasteiger partial charge >= 0.3 is 5.97 Å². The van der Waals surface area contributed by atoms with Crippen molar-refractivity contribution in [2.45, 2.75) is 38.5 Å². The van der Waals surface area contributed by atoms with Gasteiger partial charge in [0.05, 0.1) is 5.41 Å². The largest absolute Gasteiger partial charge is 0.481 e. The number of carboxylic acids is 1. The van der Waals surface area contributed by atoms with Crippen molar-refractivity contribution in [3.05, 3.63) is 70.3 Å². The summed E-state index contributed by atoms with van der Waals surface area (Å²) in [4.78, 5) is 12.1. The molecule has 2 aromatic rings. The molecule has 0 heterocycles. The molecule has 0 amide bonds. The molecule has 0 saturated carbocycles. The highest BCUT2D eigenvalue weighted by molar-refractivity contribution is 5.83. The molecule has 1 N–H and O–H groups in total. The predicted molar refractivity (Wildman–Crippen MR) is 83.7 cm³/mol. The van der Waals surface area contributed by atoms with Crippen LogP contribution in [-0.2, 0) is 23.1 Å². The van der Waals surface area contributed by atoms with Crippen LogP contribution in [0.5, 0.6) is 0 Å². The Morgan fingerprint density at radius 3 is 2.48 bits per heavy atom. The van der Waals surface area contributed by atoms with Crippen molar-refractivity contribution in [3.63, 3.8) is 0 Å². The molecule has 1 aliphatic carbocycles. The highest BCUT2D eigenvalue weighted by atomic mass is 16.4. The summed E-state index contributed by atoms with van der Waals surface area (Å²) in [5.74, 6) is -0.702. The van der Waals surface area contributed by atoms with Crippen LogP contribution in [0.1, 0.15) is 34.2 Å². The molecule has 1 aliphatic rings. The minimum absolute atomic E-state index is 0.571. The molecule has 2 heteroatoms. The summed E-state index contributed by atoms with van der Waals surface area (Å²) in [6.07, 6.45) is 2.11. The summed E-state index contributed by atoms with van der Waals surface area (Å²) in [5, 5.41) is 9.91. The van der Waals surface area contributed by atoms with Crippen LogP contribution in [0, 0.1) is 13.8 Å². The lowest BCUT2D eigenvalue weighted by Crippen LogP contribution is -2.35. The number of fused-ring (bicyclic) bond motifs is 1. The summed E-state index contributed by atoms with van der Waals surface area (Å²) in [6, 6.07) is 14.3. The average molecular weight is 280 g/mol. The molecule has 0 spiro atoms. The summed E-state index contributed by atoms with van der Waals surface area (Å²) < 4.78 is 0. The lowest BCUT2D eigenvalue weighted by Gasteiger charge is -2.26. The summed E-state index contributed by atoms with van der Waals surface area (Å²) in [7, 11) is 0. The number of hydrogen-bond acceptors (Lipinski definition) is 1. The SMILES string of the molecule is Cc1cc(C)cc(CC2(C(=O)O)CCc3ccccc32)c1. The number of benzene rings is 2. The van der Waals surface area contributed by atoms with Crippen molar-refractivity contribution < 1.29 is 9.90 Å². The first-order chi connectivity index (χ1) is 10.0. The van der Waals surface area contributed by atoms with Crippen molar-refractivity contribution >= 4 is 5.97 Å². The Balaban J connectivity index is 2.06. The molecule has 3 rings (SSSR count). The zero-order valence-corrected chi connectivity index (χ0v) is 12.5. The molecule has 108 valence electrons. The molecule has 2 nitrogen and oxygen atoms in total. The smallest absolute Gasteiger partial charge is 0.314 e. The third kappa shape index (κ3) is 2.35. The monoisotopic (exact) mass is 280 g/mol. The minimum atomic E-state index is -0.767. The van der Waals surface area contributed by atoms with Gasteiger partial charge in [-0.2, -0.15) is 0 Å². The van der Waals surface area contributed by atoms with Crippen LogP contribution in [-0.4, -0.2) is 11.1 Å². The molecular formula is C19H20O2. The highest BCUT2D eigenvalue weighted by Gasteiger charge is 2.45. The van der Waals surface area contributed by atoms with Gasteiger partial charge in [0.25, 0.3) is 0 Å². The summed E-state index contributed by atoms with van der Waals surface area (Å²) in [5.41, 5.74) is 4.91. The lowest BCUT2D eigenvalue weighted by atomic mass is 9.76. The predicted octanol–water partition coefficient (Wildman–Crippen LogP) is 3.81. The molecule has 1 unspecified atom stereocenters. The quantitative estimate of drug-likeness (QED) is 0.928. The van der Waals surface area contributed by atoms with E-state index in [1.807, 2.05) is 18.2 Å². The van der Waals surface area contributed by atoms with Gasteiger partial charge in [-0.1, -0.05) is 53.6 Å². The molecule has 0 fully saturated rings. The molecular weight excluding hydrogens is 260 g/mol. The summed E-state index contributed by atoms with van der Waals surface area (Å²) in [6.45, 7) is 4.12. The maximum atomic E-state index is 12.1. The minimum Gasteiger partial charge on any atom is -0.481 e. The van der Waals surface area contributed by atoms with Crippen LogP contribution >= 0.6 is 0 Å². The van der Waals surface area contributed by atoms with Crippen molar-refractivity contribution in [3.8, 4) is 0 Å².